The van der Waals surface area contributed by atoms with Gasteiger partial charge in [-0.15, -0.1) is 0 Å². The van der Waals surface area contributed by atoms with Crippen molar-refractivity contribution in [2.75, 3.05) is 0 Å². The predicted octanol–water partition coefficient (Wildman–Crippen LogP) is 7.34. The van der Waals surface area contributed by atoms with Crippen molar-refractivity contribution in [2.45, 2.75) is 142 Å². The molecule has 0 saturated heterocycles. The highest BCUT2D eigenvalue weighted by Gasteiger charge is 2.30. The molecule has 4 heteroatoms. The first kappa shape index (κ1) is 28.9. The Morgan fingerprint density at radius 3 is 2.19 bits per heavy atom. The number of aliphatic hydroxyl groups excluding tert-OH is 2. The third kappa shape index (κ3) is 12.8. The minimum absolute atomic E-state index is 0.0323. The van der Waals surface area contributed by atoms with Gasteiger partial charge in [0.05, 0.1) is 12.2 Å². The van der Waals surface area contributed by atoms with Crippen LogP contribution in [0, 0.1) is 5.92 Å². The van der Waals surface area contributed by atoms with E-state index in [1.54, 1.807) is 0 Å². The molecule has 0 aromatic carbocycles. The van der Waals surface area contributed by atoms with E-state index in [2.05, 4.69) is 19.9 Å². The van der Waals surface area contributed by atoms with Crippen molar-refractivity contribution in [2.24, 2.45) is 5.92 Å². The van der Waals surface area contributed by atoms with E-state index in [9.17, 15) is 15.0 Å². The first-order valence-corrected chi connectivity index (χ1v) is 13.5. The largest absolute Gasteiger partial charge is 0.481 e. The highest BCUT2D eigenvalue weighted by molar-refractivity contribution is 5.66. The second kappa shape index (κ2) is 18.3. The van der Waals surface area contributed by atoms with Crippen LogP contribution in [0.15, 0.2) is 23.3 Å². The summed E-state index contributed by atoms with van der Waals surface area (Å²) in [6.45, 7) is 4.41. The van der Waals surface area contributed by atoms with Crippen molar-refractivity contribution < 1.29 is 20.1 Å². The lowest BCUT2D eigenvalue weighted by Crippen LogP contribution is -2.15. The molecule has 0 spiro atoms. The summed E-state index contributed by atoms with van der Waals surface area (Å²) in [6.07, 6.45) is 21.9. The van der Waals surface area contributed by atoms with Crippen molar-refractivity contribution in [3.63, 3.8) is 0 Å². The molecule has 0 aromatic heterocycles. The molecule has 3 atom stereocenters. The number of rotatable bonds is 20. The molecule has 0 aromatic rings. The summed E-state index contributed by atoms with van der Waals surface area (Å²) in [5.41, 5.74) is 2.83. The number of carbonyl (C=O) groups is 1. The molecule has 186 valence electrons. The first-order chi connectivity index (χ1) is 15.5. The lowest BCUT2D eigenvalue weighted by molar-refractivity contribution is -0.137. The van der Waals surface area contributed by atoms with Crippen LogP contribution in [0.3, 0.4) is 0 Å². The van der Waals surface area contributed by atoms with Gasteiger partial charge in [-0.2, -0.15) is 0 Å². The maximum Gasteiger partial charge on any atom is 0.303 e. The molecule has 0 aliphatic heterocycles. The van der Waals surface area contributed by atoms with Gasteiger partial charge >= 0.3 is 5.97 Å². The molecule has 4 nitrogen and oxygen atoms in total. The maximum atomic E-state index is 10.8. The molecule has 1 rings (SSSR count). The second-order valence-electron chi connectivity index (χ2n) is 9.70. The number of aliphatic hydroxyl groups is 2. The first-order valence-electron chi connectivity index (χ1n) is 13.5. The van der Waals surface area contributed by atoms with Crippen LogP contribution in [0.2, 0.25) is 0 Å². The Bertz CT molecular complexity index is 552. The van der Waals surface area contributed by atoms with E-state index in [0.29, 0.717) is 0 Å². The van der Waals surface area contributed by atoms with Crippen LogP contribution >= 0.6 is 0 Å². The van der Waals surface area contributed by atoms with Gasteiger partial charge in [0.2, 0.25) is 0 Å². The standard InChI is InChI=1S/C28H50O4/c1-3-5-7-8-9-13-16-23-22-27(30)26(21-20-24(29)17-12-6-4-2)25(23)18-14-10-11-15-19-28(31)32/h20-21,24,26-27,29-30H,3-19,22H2,1-2H3,(H,31,32)/b21-20+/t24-,26+,27+/m0/s1. The highest BCUT2D eigenvalue weighted by Crippen LogP contribution is 2.39. The van der Waals surface area contributed by atoms with Gasteiger partial charge in [0.1, 0.15) is 0 Å². The summed E-state index contributed by atoms with van der Waals surface area (Å²) >= 11 is 0. The summed E-state index contributed by atoms with van der Waals surface area (Å²) in [5.74, 6) is -0.680. The van der Waals surface area contributed by atoms with E-state index in [1.165, 1.54) is 49.7 Å². The fraction of sp³-hybridized carbons (Fsp3) is 0.821. The summed E-state index contributed by atoms with van der Waals surface area (Å²) in [7, 11) is 0. The minimum Gasteiger partial charge on any atom is -0.481 e. The Hall–Kier alpha value is -1.13. The van der Waals surface area contributed by atoms with Gasteiger partial charge in [0.25, 0.3) is 0 Å². The molecule has 1 aliphatic rings. The zero-order valence-electron chi connectivity index (χ0n) is 20.9. The molecule has 0 radical (unpaired) electrons. The van der Waals surface area contributed by atoms with Crippen molar-refractivity contribution in [3.8, 4) is 0 Å². The number of unbranched alkanes of at least 4 members (excludes halogenated alkanes) is 10. The summed E-state index contributed by atoms with van der Waals surface area (Å²) in [6, 6.07) is 0. The van der Waals surface area contributed by atoms with E-state index in [1.807, 2.05) is 6.08 Å². The van der Waals surface area contributed by atoms with E-state index in [-0.39, 0.29) is 18.4 Å². The Balaban J connectivity index is 2.65. The van der Waals surface area contributed by atoms with Crippen LogP contribution < -0.4 is 0 Å². The number of carboxylic acid groups (broad SMARTS) is 1. The molecule has 3 N–H and O–H groups in total. The quantitative estimate of drug-likeness (QED) is 0.134. The molecular weight excluding hydrogens is 400 g/mol. The molecule has 32 heavy (non-hydrogen) atoms. The third-order valence-corrected chi connectivity index (χ3v) is 6.79. The Morgan fingerprint density at radius 2 is 1.50 bits per heavy atom. The minimum atomic E-state index is -0.712. The monoisotopic (exact) mass is 450 g/mol. The normalized spacial score (nSPS) is 19.9. The number of aliphatic carboxylic acids is 1. The van der Waals surface area contributed by atoms with Gasteiger partial charge in [-0.05, 0) is 44.9 Å². The summed E-state index contributed by atoms with van der Waals surface area (Å²) in [5, 5.41) is 29.9. The van der Waals surface area contributed by atoms with Crippen LogP contribution in [-0.4, -0.2) is 33.5 Å². The Morgan fingerprint density at radius 1 is 0.906 bits per heavy atom. The lowest BCUT2D eigenvalue weighted by Gasteiger charge is -2.16. The Kier molecular flexibility index (Phi) is 16.5. The number of hydrogen-bond acceptors (Lipinski definition) is 3. The molecule has 1 aliphatic carbocycles. The van der Waals surface area contributed by atoms with Crippen molar-refractivity contribution in [1.82, 2.24) is 0 Å². The number of hydrogen-bond donors (Lipinski definition) is 3. The van der Waals surface area contributed by atoms with Crippen LogP contribution in [-0.2, 0) is 4.79 Å². The lowest BCUT2D eigenvalue weighted by atomic mass is 9.91. The van der Waals surface area contributed by atoms with E-state index in [0.717, 1.165) is 70.6 Å². The molecule has 0 unspecified atom stereocenters. The summed E-state index contributed by atoms with van der Waals surface area (Å²) in [4.78, 5) is 10.7. The fourth-order valence-corrected chi connectivity index (χ4v) is 4.84. The van der Waals surface area contributed by atoms with Gasteiger partial charge in [0, 0.05) is 12.3 Å². The van der Waals surface area contributed by atoms with Crippen LogP contribution in [0.4, 0.5) is 0 Å². The van der Waals surface area contributed by atoms with Crippen LogP contribution in [0.1, 0.15) is 129 Å². The SMILES string of the molecule is CCCCCCCCC1=C(CCCCCCC(=O)O)[C@@H](/C=C/[C@@H](O)CCCCC)[C@H](O)C1. The van der Waals surface area contributed by atoms with Crippen LogP contribution in [0.5, 0.6) is 0 Å². The van der Waals surface area contributed by atoms with Crippen molar-refractivity contribution in [3.05, 3.63) is 23.3 Å². The average Bonchev–Trinajstić information content (AvgIpc) is 3.05. The summed E-state index contributed by atoms with van der Waals surface area (Å²) < 4.78 is 0. The molecule has 0 heterocycles. The van der Waals surface area contributed by atoms with Gasteiger partial charge < -0.3 is 15.3 Å². The molecule has 0 saturated carbocycles. The highest BCUT2D eigenvalue weighted by atomic mass is 16.4. The smallest absolute Gasteiger partial charge is 0.303 e. The van der Waals surface area contributed by atoms with E-state index >= 15 is 0 Å². The second-order valence-corrected chi connectivity index (χ2v) is 9.70. The zero-order valence-corrected chi connectivity index (χ0v) is 20.9. The molecule has 0 bridgehead atoms. The zero-order chi connectivity index (χ0) is 23.6. The topological polar surface area (TPSA) is 77.8 Å². The van der Waals surface area contributed by atoms with Crippen molar-refractivity contribution >= 4 is 5.97 Å². The number of carboxylic acids is 1. The van der Waals surface area contributed by atoms with Gasteiger partial charge in [-0.25, -0.2) is 0 Å². The van der Waals surface area contributed by atoms with Crippen molar-refractivity contribution in [1.29, 1.82) is 0 Å². The van der Waals surface area contributed by atoms with Gasteiger partial charge in [0.15, 0.2) is 0 Å². The third-order valence-electron chi connectivity index (χ3n) is 6.79. The molecule has 0 amide bonds. The van der Waals surface area contributed by atoms with E-state index < -0.39 is 12.1 Å². The fourth-order valence-electron chi connectivity index (χ4n) is 4.84. The molecule has 0 fully saturated rings. The van der Waals surface area contributed by atoms with E-state index in [4.69, 9.17) is 5.11 Å². The average molecular weight is 451 g/mol. The Labute approximate surface area is 197 Å². The van der Waals surface area contributed by atoms with Gasteiger partial charge in [-0.3, -0.25) is 4.79 Å². The van der Waals surface area contributed by atoms with Gasteiger partial charge in [-0.1, -0.05) is 101 Å². The maximum absolute atomic E-state index is 10.8. The molecular formula is C28H50O4. The predicted molar refractivity (Wildman–Crippen MR) is 134 cm³/mol. The van der Waals surface area contributed by atoms with Crippen LogP contribution in [0.25, 0.3) is 0 Å².